The summed E-state index contributed by atoms with van der Waals surface area (Å²) in [5, 5.41) is 4.03. The van der Waals surface area contributed by atoms with Crippen molar-refractivity contribution in [2.45, 2.75) is 19.9 Å². The van der Waals surface area contributed by atoms with E-state index in [4.69, 9.17) is 27.9 Å². The van der Waals surface area contributed by atoms with Gasteiger partial charge in [0.1, 0.15) is 0 Å². The second-order valence-corrected chi connectivity index (χ2v) is 4.62. The van der Waals surface area contributed by atoms with Crippen LogP contribution in [0.2, 0.25) is 10.0 Å². The number of benzene rings is 1. The molecule has 0 saturated carbocycles. The monoisotopic (exact) mass is 273 g/mol. The largest absolute Gasteiger partial charge is 0.462 e. The first kappa shape index (κ1) is 12.7. The van der Waals surface area contributed by atoms with Gasteiger partial charge in [0, 0.05) is 6.54 Å². The van der Waals surface area contributed by atoms with Crippen LogP contribution in [0.25, 0.3) is 0 Å². The average Bonchev–Trinajstić information content (AvgIpc) is 2.29. The van der Waals surface area contributed by atoms with Crippen LogP contribution in [0.5, 0.6) is 0 Å². The normalized spacial score (nSPS) is 14.3. The summed E-state index contributed by atoms with van der Waals surface area (Å²) in [5.41, 5.74) is 2.34. The van der Waals surface area contributed by atoms with Gasteiger partial charge in [-0.3, -0.25) is 0 Å². The van der Waals surface area contributed by atoms with Crippen molar-refractivity contribution in [2.75, 3.05) is 13.2 Å². The van der Waals surface area contributed by atoms with E-state index in [1.807, 2.05) is 0 Å². The van der Waals surface area contributed by atoms with E-state index < -0.39 is 5.97 Å². The smallest absolute Gasteiger partial charge is 0.341 e. The molecule has 1 N–H and O–H groups in total. The fourth-order valence-corrected chi connectivity index (χ4v) is 2.71. The van der Waals surface area contributed by atoms with E-state index in [9.17, 15) is 4.79 Å². The molecule has 0 spiro atoms. The topological polar surface area (TPSA) is 38.3 Å². The van der Waals surface area contributed by atoms with Crippen LogP contribution in [0.1, 0.15) is 28.4 Å². The number of halogens is 2. The minimum Gasteiger partial charge on any atom is -0.462 e. The van der Waals surface area contributed by atoms with Crippen LogP contribution in [-0.2, 0) is 17.7 Å². The molecular weight excluding hydrogens is 261 g/mol. The average molecular weight is 274 g/mol. The van der Waals surface area contributed by atoms with E-state index in [-0.39, 0.29) is 5.56 Å². The highest BCUT2D eigenvalue weighted by molar-refractivity contribution is 6.40. The lowest BCUT2D eigenvalue weighted by atomic mass is 9.98. The minimum atomic E-state index is -0.455. The number of nitrogens with one attached hydrogen (secondary N) is 1. The lowest BCUT2D eigenvalue weighted by Crippen LogP contribution is -2.24. The molecule has 0 aliphatic carbocycles. The maximum absolute atomic E-state index is 11.8. The Labute approximate surface area is 110 Å². The Morgan fingerprint density at radius 2 is 2.29 bits per heavy atom. The zero-order valence-electron chi connectivity index (χ0n) is 9.48. The Balaban J connectivity index is 2.49. The molecule has 0 atom stereocenters. The van der Waals surface area contributed by atoms with Crippen LogP contribution in [-0.4, -0.2) is 19.1 Å². The molecule has 0 saturated heterocycles. The van der Waals surface area contributed by atoms with E-state index in [2.05, 4.69) is 5.32 Å². The van der Waals surface area contributed by atoms with Crippen molar-refractivity contribution in [1.82, 2.24) is 5.32 Å². The number of carbonyl (C=O) groups is 1. The minimum absolute atomic E-state index is 0.288. The van der Waals surface area contributed by atoms with Crippen molar-refractivity contribution in [3.8, 4) is 0 Å². The highest BCUT2D eigenvalue weighted by Crippen LogP contribution is 2.33. The van der Waals surface area contributed by atoms with Gasteiger partial charge in [-0.1, -0.05) is 23.2 Å². The molecule has 0 unspecified atom stereocenters. The molecule has 0 amide bonds. The van der Waals surface area contributed by atoms with E-state index in [1.165, 1.54) is 0 Å². The van der Waals surface area contributed by atoms with Gasteiger partial charge >= 0.3 is 5.97 Å². The van der Waals surface area contributed by atoms with Gasteiger partial charge in [-0.25, -0.2) is 4.79 Å². The van der Waals surface area contributed by atoms with Crippen LogP contribution in [0.15, 0.2) is 6.07 Å². The highest BCUT2D eigenvalue weighted by Gasteiger charge is 2.23. The Kier molecular flexibility index (Phi) is 3.92. The zero-order valence-corrected chi connectivity index (χ0v) is 11.0. The second-order valence-electron chi connectivity index (χ2n) is 3.83. The highest BCUT2D eigenvalue weighted by atomic mass is 35.5. The maximum Gasteiger partial charge on any atom is 0.341 e. The van der Waals surface area contributed by atoms with Gasteiger partial charge in [0.15, 0.2) is 0 Å². The number of hydrogen-bond donors (Lipinski definition) is 1. The van der Waals surface area contributed by atoms with Gasteiger partial charge < -0.3 is 10.1 Å². The third kappa shape index (κ3) is 2.41. The second kappa shape index (κ2) is 5.25. The number of carbonyl (C=O) groups excluding carboxylic acids is 1. The van der Waals surface area contributed by atoms with Gasteiger partial charge in [-0.2, -0.15) is 0 Å². The predicted molar refractivity (Wildman–Crippen MR) is 67.8 cm³/mol. The van der Waals surface area contributed by atoms with Crippen molar-refractivity contribution in [3.63, 3.8) is 0 Å². The van der Waals surface area contributed by atoms with Crippen molar-refractivity contribution in [1.29, 1.82) is 0 Å². The van der Waals surface area contributed by atoms with Gasteiger partial charge in [-0.15, -0.1) is 0 Å². The summed E-state index contributed by atoms with van der Waals surface area (Å²) in [6, 6.07) is 1.79. The Morgan fingerprint density at radius 3 is 3.00 bits per heavy atom. The molecule has 1 aromatic carbocycles. The fraction of sp³-hybridized carbons (Fsp3) is 0.417. The maximum atomic E-state index is 11.8. The van der Waals surface area contributed by atoms with Crippen LogP contribution in [0.3, 0.4) is 0 Å². The molecule has 0 radical (unpaired) electrons. The first-order chi connectivity index (χ1) is 8.15. The Morgan fingerprint density at radius 1 is 1.53 bits per heavy atom. The molecule has 5 heteroatoms. The number of esters is 1. The standard InChI is InChI=1S/C12H13Cl2NO2/c1-2-17-12(16)10-9(13)5-7-6-15-4-3-8(7)11(10)14/h5,15H,2-4,6H2,1H3. The Bertz CT molecular complexity index is 460. The van der Waals surface area contributed by atoms with Gasteiger partial charge in [0.05, 0.1) is 22.2 Å². The molecule has 3 nitrogen and oxygen atoms in total. The molecule has 92 valence electrons. The number of ether oxygens (including phenoxy) is 1. The number of hydrogen-bond acceptors (Lipinski definition) is 3. The van der Waals surface area contributed by atoms with Crippen LogP contribution in [0, 0.1) is 0 Å². The first-order valence-corrected chi connectivity index (χ1v) is 6.28. The van der Waals surface area contributed by atoms with Crippen LogP contribution >= 0.6 is 23.2 Å². The third-order valence-electron chi connectivity index (χ3n) is 2.76. The molecular formula is C12H13Cl2NO2. The van der Waals surface area contributed by atoms with Crippen molar-refractivity contribution >= 4 is 29.2 Å². The van der Waals surface area contributed by atoms with Crippen LogP contribution in [0.4, 0.5) is 0 Å². The lowest BCUT2D eigenvalue weighted by Gasteiger charge is -2.20. The Hall–Kier alpha value is -0.770. The molecule has 17 heavy (non-hydrogen) atoms. The number of fused-ring (bicyclic) bond motifs is 1. The van der Waals surface area contributed by atoms with Crippen molar-refractivity contribution in [2.24, 2.45) is 0 Å². The third-order valence-corrected chi connectivity index (χ3v) is 3.47. The molecule has 0 aromatic heterocycles. The fourth-order valence-electron chi connectivity index (χ4n) is 1.96. The van der Waals surface area contributed by atoms with E-state index in [0.717, 1.165) is 30.6 Å². The SMILES string of the molecule is CCOC(=O)c1c(Cl)cc2c(c1Cl)CCNC2. The molecule has 1 aliphatic heterocycles. The van der Waals surface area contributed by atoms with E-state index >= 15 is 0 Å². The summed E-state index contributed by atoms with van der Waals surface area (Å²) in [4.78, 5) is 11.8. The zero-order chi connectivity index (χ0) is 12.4. The van der Waals surface area contributed by atoms with Crippen molar-refractivity contribution < 1.29 is 9.53 Å². The van der Waals surface area contributed by atoms with E-state index in [0.29, 0.717) is 16.7 Å². The molecule has 1 aromatic rings. The van der Waals surface area contributed by atoms with Gasteiger partial charge in [0.2, 0.25) is 0 Å². The predicted octanol–water partition coefficient (Wildman–Crippen LogP) is 2.82. The quantitative estimate of drug-likeness (QED) is 0.843. The molecule has 0 fully saturated rings. The summed E-state index contributed by atoms with van der Waals surface area (Å²) < 4.78 is 4.96. The number of rotatable bonds is 2. The van der Waals surface area contributed by atoms with Gasteiger partial charge in [-0.05, 0) is 37.1 Å². The first-order valence-electron chi connectivity index (χ1n) is 5.52. The lowest BCUT2D eigenvalue weighted by molar-refractivity contribution is 0.0526. The summed E-state index contributed by atoms with van der Waals surface area (Å²) in [7, 11) is 0. The summed E-state index contributed by atoms with van der Waals surface area (Å²) >= 11 is 12.3. The molecule has 0 bridgehead atoms. The summed E-state index contributed by atoms with van der Waals surface area (Å²) in [5.74, 6) is -0.455. The molecule has 2 rings (SSSR count). The summed E-state index contributed by atoms with van der Waals surface area (Å²) in [6.45, 7) is 3.65. The van der Waals surface area contributed by atoms with Crippen LogP contribution < -0.4 is 5.32 Å². The van der Waals surface area contributed by atoms with E-state index in [1.54, 1.807) is 13.0 Å². The molecule has 1 aliphatic rings. The molecule has 1 heterocycles. The van der Waals surface area contributed by atoms with Gasteiger partial charge in [0.25, 0.3) is 0 Å². The summed E-state index contributed by atoms with van der Waals surface area (Å²) in [6.07, 6.45) is 0.803. The van der Waals surface area contributed by atoms with Crippen molar-refractivity contribution in [3.05, 3.63) is 32.8 Å².